The molecule has 2 aliphatic rings. The third-order valence-electron chi connectivity index (χ3n) is 10.3. The zero-order valence-corrected chi connectivity index (χ0v) is 28.6. The second-order valence-electron chi connectivity index (χ2n) is 13.6. The molecule has 236 valence electrons. The Morgan fingerprint density at radius 2 is 1.60 bits per heavy atom. The number of carbonyl (C=O) groups is 1. The second kappa shape index (κ2) is 13.7. The Bertz CT molecular complexity index is 843. The number of nitrogens with zero attached hydrogens (tertiary/aromatic N) is 1. The molecule has 14 atom stereocenters. The van der Waals surface area contributed by atoms with E-state index in [-0.39, 0.29) is 23.7 Å². The maximum Gasteiger partial charge on any atom is 0.309 e. The molecule has 0 aromatic rings. The number of rotatable bonds is 3. The van der Waals surface area contributed by atoms with Crippen molar-refractivity contribution in [3.8, 4) is 0 Å². The summed E-state index contributed by atoms with van der Waals surface area (Å²) in [6, 6.07) is -0.433. The van der Waals surface area contributed by atoms with Crippen molar-refractivity contribution in [2.45, 2.75) is 142 Å². The highest BCUT2D eigenvalue weighted by molar-refractivity contribution is 14.1. The molecule has 2 rings (SSSR count). The lowest BCUT2D eigenvalue weighted by Crippen LogP contribution is -2.59. The third kappa shape index (κ3) is 7.52. The summed E-state index contributed by atoms with van der Waals surface area (Å²) in [5.41, 5.74) is -3.62. The first-order valence-corrected chi connectivity index (χ1v) is 15.9. The highest BCUT2D eigenvalue weighted by Gasteiger charge is 2.52. The largest absolute Gasteiger partial charge is 0.459 e. The summed E-state index contributed by atoms with van der Waals surface area (Å²) in [4.78, 5) is 13.8. The van der Waals surface area contributed by atoms with Gasteiger partial charge < -0.3 is 34.6 Å². The number of hydrogen-bond donors (Lipinski definition) is 4. The molecule has 0 amide bonds. The van der Waals surface area contributed by atoms with Crippen molar-refractivity contribution < 1.29 is 39.4 Å². The maximum absolute atomic E-state index is 13.8. The number of methoxy groups -OCH3 is 1. The smallest absolute Gasteiger partial charge is 0.309 e. The predicted octanol–water partition coefficient (Wildman–Crippen LogP) is 3.72. The average molecular weight is 686 g/mol. The van der Waals surface area contributed by atoms with Crippen molar-refractivity contribution in [3.05, 3.63) is 0 Å². The number of hydrogen-bond acceptors (Lipinski definition) is 9. The van der Waals surface area contributed by atoms with Crippen LogP contribution >= 0.6 is 22.9 Å². The lowest BCUT2D eigenvalue weighted by molar-refractivity contribution is -0.236. The Morgan fingerprint density at radius 3 is 2.12 bits per heavy atom. The Labute approximate surface area is 255 Å². The van der Waals surface area contributed by atoms with E-state index >= 15 is 0 Å². The van der Waals surface area contributed by atoms with Crippen molar-refractivity contribution in [2.75, 3.05) is 13.7 Å². The molecule has 0 saturated carbocycles. The fraction of sp³-hybridized carbons (Fsp3) is 0.967. The molecule has 2 saturated heterocycles. The summed E-state index contributed by atoms with van der Waals surface area (Å²) in [5.74, 6) is -1.84. The van der Waals surface area contributed by atoms with E-state index in [0.717, 1.165) is 0 Å². The van der Waals surface area contributed by atoms with E-state index in [1.807, 2.05) is 51.6 Å². The molecule has 1 unspecified atom stereocenters. The number of esters is 1. The second-order valence-corrected chi connectivity index (χ2v) is 14.8. The number of ether oxygens (including phenoxy) is 3. The highest BCUT2D eigenvalue weighted by Crippen LogP contribution is 2.45. The van der Waals surface area contributed by atoms with E-state index in [1.165, 1.54) is 6.92 Å². The monoisotopic (exact) mass is 685 g/mol. The fourth-order valence-electron chi connectivity index (χ4n) is 7.13. The molecule has 2 heterocycles. The minimum Gasteiger partial charge on any atom is -0.459 e. The average Bonchev–Trinajstić information content (AvgIpc) is 2.87. The van der Waals surface area contributed by atoms with Gasteiger partial charge in [-0.1, -0.05) is 34.6 Å². The molecule has 0 aromatic carbocycles. The molecule has 0 radical (unpaired) electrons. The summed E-state index contributed by atoms with van der Waals surface area (Å²) in [6.07, 6.45) is -2.74. The van der Waals surface area contributed by atoms with Gasteiger partial charge in [0.15, 0.2) is 0 Å². The van der Waals surface area contributed by atoms with Crippen LogP contribution in [0.15, 0.2) is 0 Å². The Balaban J connectivity index is 2.62. The molecule has 4 N–H and O–H groups in total. The van der Waals surface area contributed by atoms with Crippen LogP contribution in [-0.4, -0.2) is 96.5 Å². The molecule has 0 bridgehead atoms. The highest BCUT2D eigenvalue weighted by atomic mass is 127. The van der Waals surface area contributed by atoms with Gasteiger partial charge in [0.1, 0.15) is 23.9 Å². The van der Waals surface area contributed by atoms with Crippen LogP contribution in [0, 0.1) is 29.6 Å². The number of halogens is 1. The molecule has 2 aliphatic heterocycles. The molecule has 40 heavy (non-hydrogen) atoms. The summed E-state index contributed by atoms with van der Waals surface area (Å²) in [6.45, 7) is 19.2. The summed E-state index contributed by atoms with van der Waals surface area (Å²) < 4.78 is 20.1. The fourth-order valence-corrected chi connectivity index (χ4v) is 8.11. The first kappa shape index (κ1) is 36.1. The van der Waals surface area contributed by atoms with Crippen molar-refractivity contribution in [2.24, 2.45) is 29.6 Å². The first-order chi connectivity index (χ1) is 18.2. The van der Waals surface area contributed by atoms with Gasteiger partial charge in [-0.15, -0.1) is 0 Å². The Hall–Kier alpha value is -0.0800. The minimum atomic E-state index is -1.69. The van der Waals surface area contributed by atoms with Crippen LogP contribution in [0.2, 0.25) is 0 Å². The van der Waals surface area contributed by atoms with Gasteiger partial charge >= 0.3 is 5.97 Å². The third-order valence-corrected chi connectivity index (χ3v) is 11.6. The van der Waals surface area contributed by atoms with E-state index in [1.54, 1.807) is 14.0 Å². The molecule has 9 nitrogen and oxygen atoms in total. The number of carbonyl (C=O) groups excluding carboxylic acids is 1. The van der Waals surface area contributed by atoms with Crippen LogP contribution in [-0.2, 0) is 19.0 Å². The van der Waals surface area contributed by atoms with E-state index in [9.17, 15) is 25.2 Å². The van der Waals surface area contributed by atoms with Crippen molar-refractivity contribution in [1.29, 1.82) is 0 Å². The SMILES string of the molecule is CC[C@H]1OC(=O)[C@H](C)[C@@H](C2C[C@@](C)(OC)[C@@H](O)[C@H](C)O2)[C@H](C)[C@@H](C)[C@](C)(O)C[C@@H](C)CN(I)[C@H](C)[C@@H](O)[C@]1(C)O. The van der Waals surface area contributed by atoms with E-state index < -0.39 is 65.3 Å². The summed E-state index contributed by atoms with van der Waals surface area (Å²) >= 11 is 2.16. The van der Waals surface area contributed by atoms with Gasteiger partial charge in [-0.25, -0.2) is 3.11 Å². The normalized spacial score (nSPS) is 51.0. The number of aliphatic hydroxyl groups is 4. The quantitative estimate of drug-likeness (QED) is 0.200. The van der Waals surface area contributed by atoms with E-state index in [2.05, 4.69) is 29.8 Å². The van der Waals surface area contributed by atoms with Crippen LogP contribution in [0.25, 0.3) is 0 Å². The minimum absolute atomic E-state index is 0.0832. The van der Waals surface area contributed by atoms with E-state index in [0.29, 0.717) is 25.8 Å². The van der Waals surface area contributed by atoms with Gasteiger partial charge in [-0.05, 0) is 65.2 Å². The zero-order valence-electron chi connectivity index (χ0n) is 26.4. The van der Waals surface area contributed by atoms with Gasteiger partial charge in [-0.3, -0.25) is 4.79 Å². The molecular formula is C30H56INO8. The maximum atomic E-state index is 13.8. The van der Waals surface area contributed by atoms with Crippen LogP contribution in [0.3, 0.4) is 0 Å². The van der Waals surface area contributed by atoms with Gasteiger partial charge in [0, 0.05) is 54.9 Å². The van der Waals surface area contributed by atoms with Crippen molar-refractivity contribution in [3.63, 3.8) is 0 Å². The van der Waals surface area contributed by atoms with Crippen LogP contribution in [0.1, 0.15) is 88.5 Å². The first-order valence-electron chi connectivity index (χ1n) is 14.9. The van der Waals surface area contributed by atoms with Gasteiger partial charge in [0.25, 0.3) is 0 Å². The van der Waals surface area contributed by atoms with Crippen LogP contribution in [0.4, 0.5) is 0 Å². The van der Waals surface area contributed by atoms with Gasteiger partial charge in [0.2, 0.25) is 0 Å². The predicted molar refractivity (Wildman–Crippen MR) is 163 cm³/mol. The molecule has 10 heteroatoms. The molecule has 2 fully saturated rings. The molecule has 0 aromatic heterocycles. The molecular weight excluding hydrogens is 629 g/mol. The van der Waals surface area contributed by atoms with Crippen molar-refractivity contribution >= 4 is 28.8 Å². The van der Waals surface area contributed by atoms with Gasteiger partial charge in [-0.2, -0.15) is 0 Å². The van der Waals surface area contributed by atoms with Crippen LogP contribution in [0.5, 0.6) is 0 Å². The Kier molecular flexibility index (Phi) is 12.4. The van der Waals surface area contributed by atoms with Gasteiger partial charge in [0.05, 0.1) is 29.3 Å². The Morgan fingerprint density at radius 1 is 1.02 bits per heavy atom. The lowest BCUT2D eigenvalue weighted by atomic mass is 9.65. The standard InChI is InChI=1S/C30H56INO8/c1-12-23-30(10,37)25(33)20(6)32(31)15-16(2)13-28(8,36)19(5)17(3)24(18(4)27(35)40-23)22-14-29(9,38-11)26(34)21(7)39-22/h16-26,33-34,36-37H,12-15H2,1-11H3/t16-,17-,18-,19-,20-,21+,22?,23-,24+,25-,26+,28-,29-,30-/m1/s1. The molecule has 0 aliphatic carbocycles. The lowest BCUT2D eigenvalue weighted by Gasteiger charge is -2.50. The summed E-state index contributed by atoms with van der Waals surface area (Å²) in [7, 11) is 1.57. The van der Waals surface area contributed by atoms with E-state index in [4.69, 9.17) is 14.2 Å². The number of aliphatic hydroxyl groups excluding tert-OH is 2. The van der Waals surface area contributed by atoms with Crippen molar-refractivity contribution in [1.82, 2.24) is 3.11 Å². The summed E-state index contributed by atoms with van der Waals surface area (Å²) in [5, 5.41) is 45.4. The molecule has 0 spiro atoms. The van der Waals surface area contributed by atoms with Crippen LogP contribution < -0.4 is 0 Å². The topological polar surface area (TPSA) is 129 Å². The number of cyclic esters (lactones) is 1. The zero-order chi connectivity index (χ0) is 31.0.